The maximum absolute atomic E-state index is 14.1. The van der Waals surface area contributed by atoms with Crippen LogP contribution in [0.5, 0.6) is 5.75 Å². The van der Waals surface area contributed by atoms with Crippen molar-refractivity contribution in [3.63, 3.8) is 0 Å². The number of ether oxygens (including phenoxy) is 1. The summed E-state index contributed by atoms with van der Waals surface area (Å²) in [7, 11) is 0. The molecule has 1 aromatic heterocycles. The molecular formula is C14H11F8NO2. The maximum Gasteiger partial charge on any atom is 0.459 e. The van der Waals surface area contributed by atoms with Crippen LogP contribution in [0.1, 0.15) is 41.9 Å². The molecule has 1 saturated carbocycles. The number of aromatic nitrogens is 1. The van der Waals surface area contributed by atoms with Crippen molar-refractivity contribution in [3.8, 4) is 5.75 Å². The molecule has 0 aliphatic heterocycles. The second kappa shape index (κ2) is 5.68. The van der Waals surface area contributed by atoms with Gasteiger partial charge in [0.05, 0.1) is 6.20 Å². The van der Waals surface area contributed by atoms with Crippen molar-refractivity contribution >= 4 is 0 Å². The number of pyridine rings is 1. The number of alkyl halides is 8. The van der Waals surface area contributed by atoms with Crippen molar-refractivity contribution in [2.75, 3.05) is 0 Å². The van der Waals surface area contributed by atoms with Gasteiger partial charge in [-0.3, -0.25) is 4.98 Å². The molecule has 0 radical (unpaired) electrons. The van der Waals surface area contributed by atoms with E-state index in [-0.39, 0.29) is 12.8 Å². The van der Waals surface area contributed by atoms with Crippen molar-refractivity contribution in [2.24, 2.45) is 0 Å². The molecule has 3 atom stereocenters. The van der Waals surface area contributed by atoms with Gasteiger partial charge in [0.25, 0.3) is 0 Å². The summed E-state index contributed by atoms with van der Waals surface area (Å²) in [6.45, 7) is 0. The van der Waals surface area contributed by atoms with Gasteiger partial charge in [0.2, 0.25) is 0 Å². The van der Waals surface area contributed by atoms with Gasteiger partial charge in [-0.1, -0.05) is 0 Å². The van der Waals surface area contributed by atoms with E-state index in [0.29, 0.717) is 6.20 Å². The summed E-state index contributed by atoms with van der Waals surface area (Å²) in [6.07, 6.45) is -15.8. The highest BCUT2D eigenvalue weighted by molar-refractivity contribution is 5.50. The molecular weight excluding hydrogens is 366 g/mol. The zero-order valence-corrected chi connectivity index (χ0v) is 12.2. The lowest BCUT2D eigenvalue weighted by atomic mass is 9.93. The average molecular weight is 377 g/mol. The van der Waals surface area contributed by atoms with E-state index in [1.54, 1.807) is 0 Å². The SMILES string of the molecule is O[C@H]1c2c(C(F)(F)C(F)(F)F)ncc(O[C@H]3C[C@H](F)C3)c2[C@@H](F)[C@H]1F. The number of hydrogen-bond donors (Lipinski definition) is 1. The summed E-state index contributed by atoms with van der Waals surface area (Å²) >= 11 is 0. The fraction of sp³-hybridized carbons (Fsp3) is 0.643. The molecule has 0 spiro atoms. The molecule has 0 unspecified atom stereocenters. The number of rotatable bonds is 3. The lowest BCUT2D eigenvalue weighted by Crippen LogP contribution is -2.37. The number of nitrogens with zero attached hydrogens (tertiary/aromatic N) is 1. The predicted octanol–water partition coefficient (Wildman–Crippen LogP) is 4.01. The number of aliphatic hydroxyl groups excluding tert-OH is 1. The monoisotopic (exact) mass is 377 g/mol. The van der Waals surface area contributed by atoms with Gasteiger partial charge in [0.1, 0.15) is 29.8 Å². The fourth-order valence-corrected chi connectivity index (χ4v) is 2.84. The zero-order chi connectivity index (χ0) is 18.7. The van der Waals surface area contributed by atoms with Gasteiger partial charge >= 0.3 is 12.1 Å². The summed E-state index contributed by atoms with van der Waals surface area (Å²) in [5.74, 6) is -6.11. The largest absolute Gasteiger partial charge is 0.488 e. The second-order valence-corrected chi connectivity index (χ2v) is 5.97. The van der Waals surface area contributed by atoms with Gasteiger partial charge in [-0.25, -0.2) is 13.2 Å². The van der Waals surface area contributed by atoms with Gasteiger partial charge in [-0.15, -0.1) is 0 Å². The first kappa shape index (κ1) is 18.2. The van der Waals surface area contributed by atoms with Crippen LogP contribution in [0.4, 0.5) is 35.1 Å². The van der Waals surface area contributed by atoms with E-state index in [2.05, 4.69) is 4.98 Å². The quantitative estimate of drug-likeness (QED) is 0.810. The number of fused-ring (bicyclic) bond motifs is 1. The number of hydrogen-bond acceptors (Lipinski definition) is 3. The molecule has 25 heavy (non-hydrogen) atoms. The van der Waals surface area contributed by atoms with Gasteiger partial charge in [-0.05, 0) is 0 Å². The smallest absolute Gasteiger partial charge is 0.459 e. The Bertz CT molecular complexity index is 674. The van der Waals surface area contributed by atoms with Crippen molar-refractivity contribution in [2.45, 2.75) is 55.7 Å². The molecule has 1 fully saturated rings. The molecule has 2 aliphatic rings. The van der Waals surface area contributed by atoms with Crippen LogP contribution in [0.3, 0.4) is 0 Å². The van der Waals surface area contributed by atoms with Crippen LogP contribution >= 0.6 is 0 Å². The first-order valence-corrected chi connectivity index (χ1v) is 7.20. The third kappa shape index (κ3) is 2.72. The summed E-state index contributed by atoms with van der Waals surface area (Å²) in [6, 6.07) is 0. The number of aliphatic hydroxyl groups is 1. The van der Waals surface area contributed by atoms with Gasteiger partial charge in [0.15, 0.2) is 12.3 Å². The Morgan fingerprint density at radius 2 is 1.64 bits per heavy atom. The highest BCUT2D eigenvalue weighted by Crippen LogP contribution is 2.54. The van der Waals surface area contributed by atoms with E-state index in [9.17, 15) is 40.2 Å². The van der Waals surface area contributed by atoms with Crippen molar-refractivity contribution in [1.82, 2.24) is 4.98 Å². The molecule has 3 rings (SSSR count). The van der Waals surface area contributed by atoms with E-state index in [1.807, 2.05) is 0 Å². The van der Waals surface area contributed by atoms with E-state index >= 15 is 0 Å². The molecule has 0 amide bonds. The van der Waals surface area contributed by atoms with Crippen LogP contribution in [-0.2, 0) is 5.92 Å². The Morgan fingerprint density at radius 1 is 1.04 bits per heavy atom. The van der Waals surface area contributed by atoms with Crippen LogP contribution < -0.4 is 4.74 Å². The first-order valence-electron chi connectivity index (χ1n) is 7.20. The van der Waals surface area contributed by atoms with E-state index in [0.717, 1.165) is 0 Å². The summed E-state index contributed by atoms with van der Waals surface area (Å²) in [4.78, 5) is 2.96. The second-order valence-electron chi connectivity index (χ2n) is 5.97. The first-order chi connectivity index (χ1) is 11.4. The fourth-order valence-electron chi connectivity index (χ4n) is 2.84. The Hall–Kier alpha value is -1.65. The number of halogens is 8. The van der Waals surface area contributed by atoms with Crippen LogP contribution in [0.15, 0.2) is 6.20 Å². The summed E-state index contributed by atoms with van der Waals surface area (Å²) in [5, 5.41) is 9.63. The minimum Gasteiger partial charge on any atom is -0.488 e. The van der Waals surface area contributed by atoms with E-state index in [4.69, 9.17) is 4.74 Å². The van der Waals surface area contributed by atoms with E-state index < -0.39 is 65.4 Å². The Balaban J connectivity index is 2.09. The minimum atomic E-state index is -6.08. The molecule has 1 heterocycles. The lowest BCUT2D eigenvalue weighted by molar-refractivity contribution is -0.291. The highest BCUT2D eigenvalue weighted by Gasteiger charge is 2.63. The zero-order valence-electron chi connectivity index (χ0n) is 12.2. The van der Waals surface area contributed by atoms with Gasteiger partial charge in [-0.2, -0.15) is 22.0 Å². The maximum atomic E-state index is 14.1. The lowest BCUT2D eigenvalue weighted by Gasteiger charge is -2.31. The standard InChI is InChI=1S/C14H11F8NO2/c15-4-1-5(2-4)25-6-3-23-12(13(18,19)14(20,21)22)8-7(6)9(16)10(17)11(8)24/h3-5,9-11,24H,1-2H2/t4-,5-,9-,10-,11+/m1/s1. The van der Waals surface area contributed by atoms with Crippen molar-refractivity contribution in [3.05, 3.63) is 23.0 Å². The minimum absolute atomic E-state index is 0.0895. The van der Waals surface area contributed by atoms with Crippen LogP contribution in [-0.4, -0.2) is 34.7 Å². The van der Waals surface area contributed by atoms with Gasteiger partial charge < -0.3 is 9.84 Å². The highest BCUT2D eigenvalue weighted by atomic mass is 19.4. The molecule has 0 bridgehead atoms. The molecule has 0 aromatic carbocycles. The topological polar surface area (TPSA) is 42.4 Å². The van der Waals surface area contributed by atoms with Crippen LogP contribution in [0.25, 0.3) is 0 Å². The molecule has 11 heteroatoms. The third-order valence-corrected chi connectivity index (χ3v) is 4.26. The van der Waals surface area contributed by atoms with Crippen LogP contribution in [0, 0.1) is 0 Å². The summed E-state index contributed by atoms with van der Waals surface area (Å²) < 4.78 is 111. The molecule has 3 nitrogen and oxygen atoms in total. The molecule has 140 valence electrons. The Kier molecular flexibility index (Phi) is 4.12. The average Bonchev–Trinajstić information content (AvgIpc) is 2.70. The van der Waals surface area contributed by atoms with Crippen LogP contribution in [0.2, 0.25) is 0 Å². The Labute approximate surface area is 135 Å². The Morgan fingerprint density at radius 3 is 2.16 bits per heavy atom. The van der Waals surface area contributed by atoms with E-state index in [1.165, 1.54) is 0 Å². The molecule has 1 N–H and O–H groups in total. The summed E-state index contributed by atoms with van der Waals surface area (Å²) in [5.41, 5.74) is -4.21. The molecule has 0 saturated heterocycles. The molecule has 2 aliphatic carbocycles. The van der Waals surface area contributed by atoms with Crippen molar-refractivity contribution in [1.29, 1.82) is 0 Å². The third-order valence-electron chi connectivity index (χ3n) is 4.26. The predicted molar refractivity (Wildman–Crippen MR) is 66.4 cm³/mol. The van der Waals surface area contributed by atoms with Crippen molar-refractivity contribution < 1.29 is 45.0 Å². The van der Waals surface area contributed by atoms with Gasteiger partial charge in [0, 0.05) is 24.0 Å². The molecule has 1 aromatic rings. The normalized spacial score (nSPS) is 32.3.